The van der Waals surface area contributed by atoms with Crippen molar-refractivity contribution in [2.45, 2.75) is 51.5 Å². The maximum Gasteiger partial charge on any atom is 0.263 e. The highest BCUT2D eigenvalue weighted by Gasteiger charge is 2.51. The molecule has 17 heavy (non-hydrogen) atoms. The number of rotatable bonds is 2. The van der Waals surface area contributed by atoms with Crippen LogP contribution in [0.15, 0.2) is 4.99 Å². The molecule has 0 aromatic carbocycles. The molecule has 2 amide bonds. The topological polar surface area (TPSA) is 84.5 Å². The SMILES string of the molecule is CCC(C)(N)C1=NC(=O)C2(CCCC2)C(=O)N1. The van der Waals surface area contributed by atoms with Gasteiger partial charge in [0, 0.05) is 0 Å². The van der Waals surface area contributed by atoms with Gasteiger partial charge in [-0.2, -0.15) is 4.99 Å². The third-order valence-electron chi connectivity index (χ3n) is 4.02. The van der Waals surface area contributed by atoms with Crippen LogP contribution in [0, 0.1) is 5.41 Å². The van der Waals surface area contributed by atoms with Crippen molar-refractivity contribution < 1.29 is 9.59 Å². The lowest BCUT2D eigenvalue weighted by Crippen LogP contribution is -2.60. The lowest BCUT2D eigenvalue weighted by atomic mass is 9.82. The number of aliphatic imine (C=N–C) groups is 1. The molecule has 0 aromatic heterocycles. The Labute approximate surface area is 101 Å². The van der Waals surface area contributed by atoms with Gasteiger partial charge in [-0.05, 0) is 26.2 Å². The zero-order valence-electron chi connectivity index (χ0n) is 10.4. The minimum atomic E-state index is -0.896. The Balaban J connectivity index is 2.33. The van der Waals surface area contributed by atoms with Gasteiger partial charge in [-0.3, -0.25) is 9.59 Å². The smallest absolute Gasteiger partial charge is 0.263 e. The number of nitrogens with zero attached hydrogens (tertiary/aromatic N) is 1. The molecule has 1 heterocycles. The summed E-state index contributed by atoms with van der Waals surface area (Å²) < 4.78 is 0. The summed E-state index contributed by atoms with van der Waals surface area (Å²) in [6.07, 6.45) is 3.67. The van der Waals surface area contributed by atoms with Crippen molar-refractivity contribution in [1.82, 2.24) is 5.32 Å². The van der Waals surface area contributed by atoms with E-state index in [1.54, 1.807) is 6.92 Å². The van der Waals surface area contributed by atoms with Gasteiger partial charge in [0.25, 0.3) is 5.91 Å². The molecular formula is C12H19N3O2. The highest BCUT2D eigenvalue weighted by atomic mass is 16.2. The Kier molecular flexibility index (Phi) is 2.81. The van der Waals surface area contributed by atoms with E-state index in [1.165, 1.54) is 0 Å². The predicted molar refractivity (Wildman–Crippen MR) is 64.4 cm³/mol. The first kappa shape index (κ1) is 12.2. The van der Waals surface area contributed by atoms with Gasteiger partial charge in [-0.1, -0.05) is 19.8 Å². The molecule has 1 fully saturated rings. The molecule has 0 radical (unpaired) electrons. The summed E-state index contributed by atoms with van der Waals surface area (Å²) in [6, 6.07) is 0. The molecule has 1 atom stereocenters. The highest BCUT2D eigenvalue weighted by molar-refractivity contribution is 6.20. The lowest BCUT2D eigenvalue weighted by Gasteiger charge is -2.34. The maximum absolute atomic E-state index is 12.1. The average Bonchev–Trinajstić information content (AvgIpc) is 2.76. The quantitative estimate of drug-likeness (QED) is 0.694. The molecule has 1 spiro atoms. The van der Waals surface area contributed by atoms with E-state index in [0.29, 0.717) is 25.1 Å². The molecule has 0 aromatic rings. The maximum atomic E-state index is 12.1. The van der Waals surface area contributed by atoms with E-state index in [4.69, 9.17) is 5.73 Å². The number of carbonyl (C=O) groups is 2. The fourth-order valence-electron chi connectivity index (χ4n) is 2.42. The monoisotopic (exact) mass is 237 g/mol. The summed E-state index contributed by atoms with van der Waals surface area (Å²) in [7, 11) is 0. The van der Waals surface area contributed by atoms with Gasteiger partial charge in [0.05, 0.1) is 5.54 Å². The number of nitrogens with two attached hydrogens (primary N) is 1. The molecule has 94 valence electrons. The zero-order valence-corrected chi connectivity index (χ0v) is 10.4. The molecule has 3 N–H and O–H groups in total. The van der Waals surface area contributed by atoms with Crippen LogP contribution in [0.25, 0.3) is 0 Å². The molecule has 1 aliphatic heterocycles. The Morgan fingerprint density at radius 1 is 1.41 bits per heavy atom. The Hall–Kier alpha value is -1.23. The molecule has 0 bridgehead atoms. The van der Waals surface area contributed by atoms with Crippen molar-refractivity contribution in [3.05, 3.63) is 0 Å². The Bertz CT molecular complexity index is 393. The minimum absolute atomic E-state index is 0.213. The van der Waals surface area contributed by atoms with E-state index < -0.39 is 11.0 Å². The number of amidine groups is 1. The van der Waals surface area contributed by atoms with Crippen LogP contribution in [-0.2, 0) is 9.59 Å². The van der Waals surface area contributed by atoms with Crippen molar-refractivity contribution in [3.8, 4) is 0 Å². The third-order valence-corrected chi connectivity index (χ3v) is 4.02. The van der Waals surface area contributed by atoms with Crippen LogP contribution >= 0.6 is 0 Å². The molecule has 5 heteroatoms. The van der Waals surface area contributed by atoms with Crippen molar-refractivity contribution in [2.75, 3.05) is 0 Å². The van der Waals surface area contributed by atoms with Gasteiger partial charge in [-0.15, -0.1) is 0 Å². The van der Waals surface area contributed by atoms with Gasteiger partial charge >= 0.3 is 0 Å². The van der Waals surface area contributed by atoms with E-state index in [-0.39, 0.29) is 11.8 Å². The van der Waals surface area contributed by atoms with Gasteiger partial charge in [0.1, 0.15) is 11.3 Å². The molecule has 1 saturated carbocycles. The van der Waals surface area contributed by atoms with Crippen molar-refractivity contribution in [3.63, 3.8) is 0 Å². The molecular weight excluding hydrogens is 218 g/mol. The number of nitrogens with one attached hydrogen (secondary N) is 1. The summed E-state index contributed by atoms with van der Waals surface area (Å²) in [6.45, 7) is 3.67. The average molecular weight is 237 g/mol. The second-order valence-electron chi connectivity index (χ2n) is 5.28. The van der Waals surface area contributed by atoms with E-state index in [2.05, 4.69) is 10.3 Å². The molecule has 1 aliphatic carbocycles. The first-order valence-electron chi connectivity index (χ1n) is 6.16. The highest BCUT2D eigenvalue weighted by Crippen LogP contribution is 2.41. The van der Waals surface area contributed by atoms with E-state index in [0.717, 1.165) is 12.8 Å². The Morgan fingerprint density at radius 2 is 2.00 bits per heavy atom. The zero-order chi connectivity index (χ0) is 12.7. The van der Waals surface area contributed by atoms with E-state index >= 15 is 0 Å². The van der Waals surface area contributed by atoms with E-state index in [9.17, 15) is 9.59 Å². The third kappa shape index (κ3) is 1.78. The fraction of sp³-hybridized carbons (Fsp3) is 0.750. The van der Waals surface area contributed by atoms with Crippen molar-refractivity contribution >= 4 is 17.6 Å². The standard InChI is InChI=1S/C12H19N3O2/c1-3-11(2,13)8-14-9(16)12(10(17)15-8)6-4-5-7-12/h3-7,13H2,1-2H3,(H,14,15,16,17). The molecule has 2 rings (SSSR count). The van der Waals surface area contributed by atoms with Crippen molar-refractivity contribution in [2.24, 2.45) is 16.1 Å². The van der Waals surface area contributed by atoms with Crippen LogP contribution in [0.5, 0.6) is 0 Å². The fourth-order valence-corrected chi connectivity index (χ4v) is 2.42. The first-order valence-corrected chi connectivity index (χ1v) is 6.16. The Morgan fingerprint density at radius 3 is 2.47 bits per heavy atom. The minimum Gasteiger partial charge on any atom is -0.319 e. The first-order chi connectivity index (χ1) is 7.92. The largest absolute Gasteiger partial charge is 0.319 e. The van der Waals surface area contributed by atoms with Crippen LogP contribution in [-0.4, -0.2) is 23.2 Å². The van der Waals surface area contributed by atoms with Gasteiger partial charge in [0.15, 0.2) is 0 Å². The number of hydrogen-bond donors (Lipinski definition) is 2. The van der Waals surface area contributed by atoms with Crippen LogP contribution in [0.3, 0.4) is 0 Å². The summed E-state index contributed by atoms with van der Waals surface area (Å²) in [5, 5.41) is 2.74. The van der Waals surface area contributed by atoms with Crippen LogP contribution < -0.4 is 11.1 Å². The van der Waals surface area contributed by atoms with Crippen LogP contribution in [0.1, 0.15) is 46.0 Å². The molecule has 1 unspecified atom stereocenters. The molecule has 0 saturated heterocycles. The van der Waals surface area contributed by atoms with Crippen molar-refractivity contribution in [1.29, 1.82) is 0 Å². The predicted octanol–water partition coefficient (Wildman–Crippen LogP) is 0.729. The summed E-state index contributed by atoms with van der Waals surface area (Å²) in [4.78, 5) is 28.3. The second kappa shape index (κ2) is 3.91. The number of hydrogen-bond acceptors (Lipinski definition) is 3. The molecule has 5 nitrogen and oxygen atoms in total. The summed E-state index contributed by atoms with van der Waals surface area (Å²) >= 11 is 0. The van der Waals surface area contributed by atoms with Gasteiger partial charge in [0.2, 0.25) is 5.91 Å². The van der Waals surface area contributed by atoms with Gasteiger partial charge < -0.3 is 11.1 Å². The molecule has 2 aliphatic rings. The van der Waals surface area contributed by atoms with Crippen LogP contribution in [0.4, 0.5) is 0 Å². The van der Waals surface area contributed by atoms with E-state index in [1.807, 2.05) is 6.92 Å². The summed E-state index contributed by atoms with van der Waals surface area (Å²) in [5.41, 5.74) is 4.36. The van der Waals surface area contributed by atoms with Gasteiger partial charge in [-0.25, -0.2) is 0 Å². The normalized spacial score (nSPS) is 26.6. The second-order valence-corrected chi connectivity index (χ2v) is 5.28. The lowest BCUT2D eigenvalue weighted by molar-refractivity contribution is -0.141. The van der Waals surface area contributed by atoms with Crippen LogP contribution in [0.2, 0.25) is 0 Å². The summed E-state index contributed by atoms with van der Waals surface area (Å²) in [5.74, 6) is -0.207. The number of amides is 2. The number of carbonyl (C=O) groups excluding carboxylic acids is 2.